The number of hydrogen-bond acceptors (Lipinski definition) is 6. The van der Waals surface area contributed by atoms with Gasteiger partial charge < -0.3 is 10.1 Å². The van der Waals surface area contributed by atoms with Crippen molar-refractivity contribution in [2.75, 3.05) is 11.9 Å². The van der Waals surface area contributed by atoms with Crippen LogP contribution in [0.4, 0.5) is 5.69 Å². The number of aromatic nitrogens is 2. The van der Waals surface area contributed by atoms with Gasteiger partial charge in [-0.15, -0.1) is 11.3 Å². The minimum atomic E-state index is -0.522. The zero-order valence-electron chi connectivity index (χ0n) is 15.4. The maximum absolute atomic E-state index is 12.6. The number of fused-ring (bicyclic) bond motifs is 1. The van der Waals surface area contributed by atoms with Crippen LogP contribution in [0.25, 0.3) is 10.2 Å². The standard InChI is InChI=1S/C19H19N3O5S/c1-3-21-17(24)16-14(9-10-28-16)22(19(21)26)11-15(23)20-13-7-5-12(6-8-13)18(25)27-4-2/h5-10H,3-4,11H2,1-2H3,(H,20,23). The fourth-order valence-corrected chi connectivity index (χ4v) is 3.66. The van der Waals surface area contributed by atoms with Crippen LogP contribution in [0.15, 0.2) is 45.3 Å². The highest BCUT2D eigenvalue weighted by atomic mass is 32.1. The Kier molecular flexibility index (Phi) is 5.74. The molecule has 28 heavy (non-hydrogen) atoms. The molecule has 1 aromatic carbocycles. The Labute approximate surface area is 164 Å². The minimum absolute atomic E-state index is 0.225. The van der Waals surface area contributed by atoms with Crippen LogP contribution in [-0.4, -0.2) is 27.6 Å². The Morgan fingerprint density at radius 3 is 2.43 bits per heavy atom. The molecule has 0 aliphatic rings. The van der Waals surface area contributed by atoms with Crippen molar-refractivity contribution in [3.63, 3.8) is 0 Å². The molecule has 2 aromatic heterocycles. The molecule has 146 valence electrons. The number of benzene rings is 1. The second kappa shape index (κ2) is 8.22. The van der Waals surface area contributed by atoms with Crippen molar-refractivity contribution < 1.29 is 14.3 Å². The number of anilines is 1. The van der Waals surface area contributed by atoms with E-state index in [1.807, 2.05) is 0 Å². The molecule has 0 radical (unpaired) electrons. The number of amides is 1. The van der Waals surface area contributed by atoms with E-state index >= 15 is 0 Å². The van der Waals surface area contributed by atoms with Gasteiger partial charge in [-0.25, -0.2) is 9.59 Å². The van der Waals surface area contributed by atoms with Crippen LogP contribution in [-0.2, 0) is 22.6 Å². The fraction of sp³-hybridized carbons (Fsp3) is 0.263. The molecule has 2 heterocycles. The third-order valence-electron chi connectivity index (χ3n) is 4.13. The Morgan fingerprint density at radius 2 is 1.79 bits per heavy atom. The zero-order valence-corrected chi connectivity index (χ0v) is 16.2. The summed E-state index contributed by atoms with van der Waals surface area (Å²) in [6.07, 6.45) is 0. The molecule has 9 heteroatoms. The van der Waals surface area contributed by atoms with Crippen LogP contribution < -0.4 is 16.6 Å². The van der Waals surface area contributed by atoms with E-state index < -0.39 is 17.6 Å². The van der Waals surface area contributed by atoms with Gasteiger partial charge >= 0.3 is 11.7 Å². The number of nitrogens with zero attached hydrogens (tertiary/aromatic N) is 2. The first-order chi connectivity index (χ1) is 13.5. The van der Waals surface area contributed by atoms with Crippen molar-refractivity contribution >= 4 is 39.1 Å². The topological polar surface area (TPSA) is 99.4 Å². The molecule has 0 aliphatic carbocycles. The van der Waals surface area contributed by atoms with E-state index in [-0.39, 0.29) is 25.3 Å². The largest absolute Gasteiger partial charge is 0.462 e. The highest BCUT2D eigenvalue weighted by Gasteiger charge is 2.16. The van der Waals surface area contributed by atoms with Gasteiger partial charge in [-0.2, -0.15) is 0 Å². The lowest BCUT2D eigenvalue weighted by atomic mass is 10.2. The van der Waals surface area contributed by atoms with Gasteiger partial charge in [0.25, 0.3) is 5.56 Å². The SMILES string of the molecule is CCOC(=O)c1ccc(NC(=O)Cn2c(=O)n(CC)c(=O)c3sccc32)cc1. The molecule has 3 rings (SSSR count). The Morgan fingerprint density at radius 1 is 1.07 bits per heavy atom. The Hall–Kier alpha value is -3.20. The van der Waals surface area contributed by atoms with Gasteiger partial charge in [0, 0.05) is 12.2 Å². The summed E-state index contributed by atoms with van der Waals surface area (Å²) in [6, 6.07) is 7.92. The van der Waals surface area contributed by atoms with E-state index in [0.717, 1.165) is 4.57 Å². The van der Waals surface area contributed by atoms with Gasteiger partial charge in [-0.1, -0.05) is 0 Å². The van der Waals surface area contributed by atoms with E-state index in [2.05, 4.69) is 5.32 Å². The van der Waals surface area contributed by atoms with Gasteiger partial charge in [-0.3, -0.25) is 18.7 Å². The summed E-state index contributed by atoms with van der Waals surface area (Å²) in [5.74, 6) is -0.853. The molecule has 3 aromatic rings. The summed E-state index contributed by atoms with van der Waals surface area (Å²) in [7, 11) is 0. The maximum atomic E-state index is 12.6. The predicted octanol–water partition coefficient (Wildman–Crippen LogP) is 2.06. The number of hydrogen-bond donors (Lipinski definition) is 1. The summed E-state index contributed by atoms with van der Waals surface area (Å²) in [6.45, 7) is 3.70. The third-order valence-corrected chi connectivity index (χ3v) is 5.03. The third kappa shape index (κ3) is 3.74. The van der Waals surface area contributed by atoms with Crippen molar-refractivity contribution in [3.8, 4) is 0 Å². The van der Waals surface area contributed by atoms with E-state index in [9.17, 15) is 19.2 Å². The summed E-state index contributed by atoms with van der Waals surface area (Å²) in [5, 5.41) is 4.41. The quantitative estimate of drug-likeness (QED) is 0.638. The van der Waals surface area contributed by atoms with Crippen LogP contribution in [0.2, 0.25) is 0 Å². The summed E-state index contributed by atoms with van der Waals surface area (Å²) < 4.78 is 7.75. The number of esters is 1. The van der Waals surface area contributed by atoms with Gasteiger partial charge in [0.2, 0.25) is 5.91 Å². The fourth-order valence-electron chi connectivity index (χ4n) is 2.81. The van der Waals surface area contributed by atoms with Crippen molar-refractivity contribution in [3.05, 3.63) is 62.1 Å². The highest BCUT2D eigenvalue weighted by Crippen LogP contribution is 2.16. The molecular weight excluding hydrogens is 382 g/mol. The lowest BCUT2D eigenvalue weighted by Gasteiger charge is -2.11. The average Bonchev–Trinajstić information content (AvgIpc) is 3.16. The van der Waals surface area contributed by atoms with Crippen LogP contribution in [0, 0.1) is 0 Å². The predicted molar refractivity (Wildman–Crippen MR) is 107 cm³/mol. The first kappa shape index (κ1) is 19.6. The molecule has 0 atom stereocenters. The van der Waals surface area contributed by atoms with Gasteiger partial charge in [-0.05, 0) is 49.6 Å². The smallest absolute Gasteiger partial charge is 0.338 e. The zero-order chi connectivity index (χ0) is 20.3. The molecule has 0 spiro atoms. The van der Waals surface area contributed by atoms with Crippen LogP contribution in [0.3, 0.4) is 0 Å². The second-order valence-electron chi connectivity index (χ2n) is 5.90. The summed E-state index contributed by atoms with van der Waals surface area (Å²) in [4.78, 5) is 49.1. The summed E-state index contributed by atoms with van der Waals surface area (Å²) in [5.41, 5.74) is 0.440. The number of carbonyl (C=O) groups is 2. The molecule has 0 unspecified atom stereocenters. The molecule has 1 N–H and O–H groups in total. The normalized spacial score (nSPS) is 10.8. The summed E-state index contributed by atoms with van der Waals surface area (Å²) >= 11 is 1.24. The van der Waals surface area contributed by atoms with Crippen molar-refractivity contribution in [1.82, 2.24) is 9.13 Å². The van der Waals surface area contributed by atoms with Gasteiger partial charge in [0.05, 0.1) is 17.7 Å². The molecule has 0 saturated carbocycles. The van der Waals surface area contributed by atoms with E-state index in [4.69, 9.17) is 4.74 Å². The molecule has 0 fully saturated rings. The number of thiophene rings is 1. The minimum Gasteiger partial charge on any atom is -0.462 e. The molecule has 1 amide bonds. The first-order valence-electron chi connectivity index (χ1n) is 8.74. The van der Waals surface area contributed by atoms with Crippen molar-refractivity contribution in [1.29, 1.82) is 0 Å². The first-order valence-corrected chi connectivity index (χ1v) is 9.62. The van der Waals surface area contributed by atoms with Crippen LogP contribution in [0.1, 0.15) is 24.2 Å². The van der Waals surface area contributed by atoms with Gasteiger partial charge in [0.15, 0.2) is 0 Å². The Balaban J connectivity index is 1.82. The van der Waals surface area contributed by atoms with Crippen LogP contribution in [0.5, 0.6) is 0 Å². The van der Waals surface area contributed by atoms with Crippen molar-refractivity contribution in [2.24, 2.45) is 0 Å². The lowest BCUT2D eigenvalue weighted by Crippen LogP contribution is -2.40. The molecule has 0 bridgehead atoms. The number of carbonyl (C=O) groups excluding carboxylic acids is 2. The molecule has 8 nitrogen and oxygen atoms in total. The average molecular weight is 401 g/mol. The maximum Gasteiger partial charge on any atom is 0.338 e. The second-order valence-corrected chi connectivity index (χ2v) is 6.82. The van der Waals surface area contributed by atoms with E-state index in [0.29, 0.717) is 21.5 Å². The van der Waals surface area contributed by atoms with E-state index in [1.165, 1.54) is 15.9 Å². The number of rotatable bonds is 6. The molecule has 0 saturated heterocycles. The van der Waals surface area contributed by atoms with Crippen molar-refractivity contribution in [2.45, 2.75) is 26.9 Å². The number of nitrogens with one attached hydrogen (secondary N) is 1. The highest BCUT2D eigenvalue weighted by molar-refractivity contribution is 7.17. The van der Waals surface area contributed by atoms with E-state index in [1.54, 1.807) is 49.6 Å². The Bertz CT molecular complexity index is 1140. The molecule has 0 aliphatic heterocycles. The van der Waals surface area contributed by atoms with Gasteiger partial charge in [0.1, 0.15) is 11.2 Å². The molecular formula is C19H19N3O5S. The monoisotopic (exact) mass is 401 g/mol. The van der Waals surface area contributed by atoms with Crippen LogP contribution >= 0.6 is 11.3 Å². The number of ether oxygens (including phenoxy) is 1. The lowest BCUT2D eigenvalue weighted by molar-refractivity contribution is -0.116.